The van der Waals surface area contributed by atoms with Crippen molar-refractivity contribution in [1.82, 2.24) is 9.62 Å². The van der Waals surface area contributed by atoms with Crippen molar-refractivity contribution in [2.75, 3.05) is 26.8 Å². The number of benzene rings is 2. The minimum absolute atomic E-state index is 0.0794. The van der Waals surface area contributed by atoms with Gasteiger partial charge < -0.3 is 14.4 Å². The highest BCUT2D eigenvalue weighted by Gasteiger charge is 2.31. The van der Waals surface area contributed by atoms with Crippen LogP contribution in [-0.4, -0.2) is 46.0 Å². The average molecular weight is 416 g/mol. The van der Waals surface area contributed by atoms with Crippen molar-refractivity contribution in [3.8, 4) is 11.5 Å². The second-order valence-electron chi connectivity index (χ2n) is 7.15. The quantitative estimate of drug-likeness (QED) is 0.828. The molecule has 7 nitrogen and oxygen atoms in total. The van der Waals surface area contributed by atoms with E-state index >= 15 is 0 Å². The Labute approximate surface area is 170 Å². The lowest BCUT2D eigenvalue weighted by atomic mass is 10.0. The fraction of sp³-hybridized carbons (Fsp3) is 0.381. The Hall–Kier alpha value is -2.58. The van der Waals surface area contributed by atoms with Crippen molar-refractivity contribution < 1.29 is 22.7 Å². The molecule has 0 aromatic heterocycles. The second kappa shape index (κ2) is 8.04. The number of hydrogen-bond donors (Lipinski definition) is 1. The monoisotopic (exact) mass is 416 g/mol. The standard InChI is InChI=1S/C21H24N2O5S/c1-22-29(25,26)17-6-2-5-16(13-17)21(24)23-10-3-7-18(23)15-8-9-19-20(14-15)28-12-4-11-27-19/h2,5-6,8-9,13-14,18,22H,3-4,7,10-12H2,1H3. The van der Waals surface area contributed by atoms with E-state index in [2.05, 4.69) is 4.72 Å². The van der Waals surface area contributed by atoms with Gasteiger partial charge in [-0.3, -0.25) is 4.79 Å². The minimum Gasteiger partial charge on any atom is -0.490 e. The van der Waals surface area contributed by atoms with Crippen LogP contribution >= 0.6 is 0 Å². The van der Waals surface area contributed by atoms with Gasteiger partial charge in [0.15, 0.2) is 11.5 Å². The first kappa shape index (κ1) is 19.7. The van der Waals surface area contributed by atoms with E-state index in [1.807, 2.05) is 23.1 Å². The van der Waals surface area contributed by atoms with Gasteiger partial charge in [-0.15, -0.1) is 0 Å². The zero-order chi connectivity index (χ0) is 20.4. The Morgan fingerprint density at radius 1 is 1.07 bits per heavy atom. The summed E-state index contributed by atoms with van der Waals surface area (Å²) < 4.78 is 37.9. The maximum absolute atomic E-state index is 13.2. The van der Waals surface area contributed by atoms with Gasteiger partial charge in [-0.1, -0.05) is 12.1 Å². The van der Waals surface area contributed by atoms with Gasteiger partial charge in [0.25, 0.3) is 5.91 Å². The number of carbonyl (C=O) groups is 1. The number of ether oxygens (including phenoxy) is 2. The number of rotatable bonds is 4. The van der Waals surface area contributed by atoms with Gasteiger partial charge in [0.2, 0.25) is 10.0 Å². The lowest BCUT2D eigenvalue weighted by molar-refractivity contribution is 0.0735. The number of likely N-dealkylation sites (tertiary alicyclic amines) is 1. The zero-order valence-corrected chi connectivity index (χ0v) is 17.1. The molecule has 154 valence electrons. The topological polar surface area (TPSA) is 84.9 Å². The average Bonchev–Trinajstić information content (AvgIpc) is 3.11. The molecule has 2 aromatic carbocycles. The van der Waals surface area contributed by atoms with Gasteiger partial charge in [-0.05, 0) is 55.8 Å². The molecule has 4 rings (SSSR count). The number of carbonyl (C=O) groups excluding carboxylic acids is 1. The Balaban J connectivity index is 1.61. The first-order chi connectivity index (χ1) is 14.0. The van der Waals surface area contributed by atoms with Crippen molar-refractivity contribution in [1.29, 1.82) is 0 Å². The number of hydrogen-bond acceptors (Lipinski definition) is 5. The van der Waals surface area contributed by atoms with Crippen LogP contribution in [0, 0.1) is 0 Å². The van der Waals surface area contributed by atoms with Crippen LogP contribution in [0.25, 0.3) is 0 Å². The minimum atomic E-state index is -3.61. The van der Waals surface area contributed by atoms with E-state index in [1.54, 1.807) is 12.1 Å². The van der Waals surface area contributed by atoms with E-state index < -0.39 is 10.0 Å². The van der Waals surface area contributed by atoms with Crippen LogP contribution in [0.2, 0.25) is 0 Å². The molecular weight excluding hydrogens is 392 g/mol. The van der Waals surface area contributed by atoms with Crippen molar-refractivity contribution in [3.63, 3.8) is 0 Å². The lowest BCUT2D eigenvalue weighted by Gasteiger charge is -2.26. The van der Waals surface area contributed by atoms with Crippen molar-refractivity contribution in [3.05, 3.63) is 53.6 Å². The number of nitrogens with zero attached hydrogens (tertiary/aromatic N) is 1. The first-order valence-electron chi connectivity index (χ1n) is 9.74. The third-order valence-corrected chi connectivity index (χ3v) is 6.74. The number of amides is 1. The van der Waals surface area contributed by atoms with Gasteiger partial charge >= 0.3 is 0 Å². The molecule has 1 atom stereocenters. The molecule has 29 heavy (non-hydrogen) atoms. The molecule has 2 heterocycles. The predicted molar refractivity (Wildman–Crippen MR) is 108 cm³/mol. The smallest absolute Gasteiger partial charge is 0.254 e. The van der Waals surface area contributed by atoms with E-state index in [1.165, 1.54) is 19.2 Å². The van der Waals surface area contributed by atoms with Crippen molar-refractivity contribution in [2.24, 2.45) is 0 Å². The summed E-state index contributed by atoms with van der Waals surface area (Å²) in [7, 11) is -2.26. The third kappa shape index (κ3) is 3.95. The largest absolute Gasteiger partial charge is 0.490 e. The number of sulfonamides is 1. The van der Waals surface area contributed by atoms with Gasteiger partial charge in [-0.2, -0.15) is 0 Å². The summed E-state index contributed by atoms with van der Waals surface area (Å²) in [6, 6.07) is 11.9. The summed E-state index contributed by atoms with van der Waals surface area (Å²) in [6.45, 7) is 1.86. The molecule has 8 heteroatoms. The normalized spacial score (nSPS) is 19.1. The van der Waals surface area contributed by atoms with E-state index in [4.69, 9.17) is 9.47 Å². The van der Waals surface area contributed by atoms with Crippen LogP contribution in [0.15, 0.2) is 47.4 Å². The summed E-state index contributed by atoms with van der Waals surface area (Å²) in [5.74, 6) is 1.27. The molecule has 0 bridgehead atoms. The van der Waals surface area contributed by atoms with Crippen LogP contribution in [-0.2, 0) is 10.0 Å². The summed E-state index contributed by atoms with van der Waals surface area (Å²) in [4.78, 5) is 15.1. The van der Waals surface area contributed by atoms with Gasteiger partial charge in [-0.25, -0.2) is 13.1 Å². The number of nitrogens with one attached hydrogen (secondary N) is 1. The molecule has 2 aliphatic rings. The Kier molecular flexibility index (Phi) is 5.47. The maximum atomic E-state index is 13.2. The Morgan fingerprint density at radius 3 is 2.66 bits per heavy atom. The second-order valence-corrected chi connectivity index (χ2v) is 9.04. The Morgan fingerprint density at radius 2 is 1.86 bits per heavy atom. The highest BCUT2D eigenvalue weighted by molar-refractivity contribution is 7.89. The van der Waals surface area contributed by atoms with Gasteiger partial charge in [0, 0.05) is 18.5 Å². The fourth-order valence-corrected chi connectivity index (χ4v) is 4.60. The van der Waals surface area contributed by atoms with Crippen LogP contribution in [0.3, 0.4) is 0 Å². The SMILES string of the molecule is CNS(=O)(=O)c1cccc(C(=O)N2CCCC2c2ccc3c(c2)OCCCO3)c1. The molecule has 0 aliphatic carbocycles. The van der Waals surface area contributed by atoms with Crippen LogP contribution in [0.5, 0.6) is 11.5 Å². The molecule has 1 unspecified atom stereocenters. The highest BCUT2D eigenvalue weighted by Crippen LogP contribution is 2.38. The summed E-state index contributed by atoms with van der Waals surface area (Å²) in [5, 5.41) is 0. The summed E-state index contributed by atoms with van der Waals surface area (Å²) in [6.07, 6.45) is 2.57. The predicted octanol–water partition coefficient (Wildman–Crippen LogP) is 2.73. The van der Waals surface area contributed by atoms with Gasteiger partial charge in [0.1, 0.15) is 0 Å². The third-order valence-electron chi connectivity index (χ3n) is 5.33. The molecule has 1 saturated heterocycles. The maximum Gasteiger partial charge on any atom is 0.254 e. The molecule has 1 N–H and O–H groups in total. The fourth-order valence-electron chi connectivity index (χ4n) is 3.82. The molecule has 0 saturated carbocycles. The lowest BCUT2D eigenvalue weighted by Crippen LogP contribution is -2.31. The van der Waals surface area contributed by atoms with Crippen LogP contribution < -0.4 is 14.2 Å². The van der Waals surface area contributed by atoms with Gasteiger partial charge in [0.05, 0.1) is 24.2 Å². The van der Waals surface area contributed by atoms with E-state index in [-0.39, 0.29) is 16.8 Å². The first-order valence-corrected chi connectivity index (χ1v) is 11.2. The van der Waals surface area contributed by atoms with Crippen LogP contribution in [0.1, 0.15) is 41.2 Å². The Bertz CT molecular complexity index is 1020. The summed E-state index contributed by atoms with van der Waals surface area (Å²) >= 11 is 0. The molecule has 0 radical (unpaired) electrons. The molecule has 0 spiro atoms. The highest BCUT2D eigenvalue weighted by atomic mass is 32.2. The van der Waals surface area contributed by atoms with Crippen LogP contribution in [0.4, 0.5) is 0 Å². The van der Waals surface area contributed by atoms with E-state index in [0.717, 1.165) is 30.6 Å². The van der Waals surface area contributed by atoms with E-state index in [9.17, 15) is 13.2 Å². The zero-order valence-electron chi connectivity index (χ0n) is 16.3. The van der Waals surface area contributed by atoms with Crippen molar-refractivity contribution in [2.45, 2.75) is 30.2 Å². The molecule has 2 aromatic rings. The molecule has 1 amide bonds. The van der Waals surface area contributed by atoms with E-state index in [0.29, 0.717) is 31.1 Å². The summed E-state index contributed by atoms with van der Waals surface area (Å²) in [5.41, 5.74) is 1.36. The molecular formula is C21H24N2O5S. The molecule has 2 aliphatic heterocycles. The van der Waals surface area contributed by atoms with Crippen molar-refractivity contribution >= 4 is 15.9 Å². The molecule has 1 fully saturated rings. The number of fused-ring (bicyclic) bond motifs is 1.